The van der Waals surface area contributed by atoms with Crippen LogP contribution in [-0.2, 0) is 6.42 Å². The maximum Gasteiger partial charge on any atom is 0.140 e. The Kier molecular flexibility index (Phi) is 3.81. The van der Waals surface area contributed by atoms with Gasteiger partial charge in [-0.3, -0.25) is 0 Å². The molecule has 80 valence electrons. The van der Waals surface area contributed by atoms with Gasteiger partial charge in [-0.1, -0.05) is 6.07 Å². The molecule has 1 aromatic rings. The molecule has 3 nitrogen and oxygen atoms in total. The van der Waals surface area contributed by atoms with Crippen LogP contribution in [0.4, 0.5) is 0 Å². The monoisotopic (exact) mass is 203 g/mol. The minimum absolute atomic E-state index is 0.132. The number of hydrogen-bond acceptors (Lipinski definition) is 3. The molecule has 0 bridgehead atoms. The van der Waals surface area contributed by atoms with E-state index < -0.39 is 0 Å². The van der Waals surface area contributed by atoms with Gasteiger partial charge in [-0.25, -0.2) is 4.98 Å². The second kappa shape index (κ2) is 4.90. The van der Waals surface area contributed by atoms with Crippen LogP contribution in [0.1, 0.15) is 32.2 Å². The van der Waals surface area contributed by atoms with Crippen molar-refractivity contribution >= 4 is 0 Å². The quantitative estimate of drug-likeness (QED) is 0.816. The summed E-state index contributed by atoms with van der Waals surface area (Å²) >= 11 is 0. The van der Waals surface area contributed by atoms with Crippen molar-refractivity contribution in [2.45, 2.75) is 32.7 Å². The first-order valence-corrected chi connectivity index (χ1v) is 5.12. The molecule has 0 amide bonds. The summed E-state index contributed by atoms with van der Waals surface area (Å²) in [7, 11) is 0. The molecule has 0 aliphatic carbocycles. The topological polar surface area (TPSA) is 48.7 Å². The zero-order valence-electron chi connectivity index (χ0n) is 9.54. The Morgan fingerprint density at radius 1 is 1.40 bits per heavy atom. The van der Waals surface area contributed by atoms with Gasteiger partial charge < -0.3 is 5.32 Å². The second-order valence-electron chi connectivity index (χ2n) is 4.55. The standard InChI is InChI=1S/C12H17N3/c1-12(2,3)14-8-7-10-5-4-6-11(9-13)15-10/h4-6,14H,7-8H2,1-3H3. The first-order valence-electron chi connectivity index (χ1n) is 5.12. The molecule has 0 radical (unpaired) electrons. The summed E-state index contributed by atoms with van der Waals surface area (Å²) in [6.07, 6.45) is 0.854. The number of nitriles is 1. The van der Waals surface area contributed by atoms with E-state index in [-0.39, 0.29) is 5.54 Å². The zero-order chi connectivity index (χ0) is 11.3. The molecule has 0 aliphatic heterocycles. The van der Waals surface area contributed by atoms with Crippen molar-refractivity contribution in [2.24, 2.45) is 0 Å². The van der Waals surface area contributed by atoms with Gasteiger partial charge in [0, 0.05) is 24.2 Å². The Balaban J connectivity index is 2.48. The van der Waals surface area contributed by atoms with Gasteiger partial charge in [0.1, 0.15) is 11.8 Å². The van der Waals surface area contributed by atoms with Crippen molar-refractivity contribution in [3.8, 4) is 6.07 Å². The molecular formula is C12H17N3. The summed E-state index contributed by atoms with van der Waals surface area (Å²) < 4.78 is 0. The lowest BCUT2D eigenvalue weighted by Crippen LogP contribution is -2.37. The van der Waals surface area contributed by atoms with E-state index >= 15 is 0 Å². The number of nitrogens with one attached hydrogen (secondary N) is 1. The summed E-state index contributed by atoms with van der Waals surface area (Å²) in [5, 5.41) is 12.1. The van der Waals surface area contributed by atoms with Gasteiger partial charge in [-0.15, -0.1) is 0 Å². The Hall–Kier alpha value is -1.40. The van der Waals surface area contributed by atoms with E-state index in [1.807, 2.05) is 18.2 Å². The molecule has 15 heavy (non-hydrogen) atoms. The van der Waals surface area contributed by atoms with Gasteiger partial charge in [0.15, 0.2) is 0 Å². The van der Waals surface area contributed by atoms with E-state index in [0.717, 1.165) is 18.7 Å². The predicted molar refractivity (Wildman–Crippen MR) is 60.4 cm³/mol. The lowest BCUT2D eigenvalue weighted by atomic mass is 10.1. The molecule has 0 unspecified atom stereocenters. The van der Waals surface area contributed by atoms with Crippen LogP contribution in [0.3, 0.4) is 0 Å². The number of pyridine rings is 1. The maximum atomic E-state index is 8.69. The van der Waals surface area contributed by atoms with Crippen molar-refractivity contribution in [3.05, 3.63) is 29.6 Å². The molecule has 1 aromatic heterocycles. The van der Waals surface area contributed by atoms with Crippen molar-refractivity contribution < 1.29 is 0 Å². The van der Waals surface area contributed by atoms with E-state index in [1.54, 1.807) is 6.07 Å². The van der Waals surface area contributed by atoms with Gasteiger partial charge >= 0.3 is 0 Å². The Morgan fingerprint density at radius 3 is 2.73 bits per heavy atom. The molecule has 0 spiro atoms. The molecule has 1 heterocycles. The van der Waals surface area contributed by atoms with E-state index in [4.69, 9.17) is 5.26 Å². The van der Waals surface area contributed by atoms with E-state index in [0.29, 0.717) is 5.69 Å². The van der Waals surface area contributed by atoms with Crippen LogP contribution < -0.4 is 5.32 Å². The van der Waals surface area contributed by atoms with Gasteiger partial charge in [0.05, 0.1) is 0 Å². The number of aromatic nitrogens is 1. The summed E-state index contributed by atoms with van der Waals surface area (Å²) in [5.74, 6) is 0. The van der Waals surface area contributed by atoms with Gasteiger partial charge in [-0.05, 0) is 32.9 Å². The minimum atomic E-state index is 0.132. The van der Waals surface area contributed by atoms with Crippen LogP contribution in [0, 0.1) is 11.3 Å². The second-order valence-corrected chi connectivity index (χ2v) is 4.55. The highest BCUT2D eigenvalue weighted by Crippen LogP contribution is 2.01. The average Bonchev–Trinajstić information content (AvgIpc) is 2.16. The van der Waals surface area contributed by atoms with Crippen LogP contribution in [0.5, 0.6) is 0 Å². The predicted octanol–water partition coefficient (Wildman–Crippen LogP) is 1.88. The number of nitrogens with zero attached hydrogens (tertiary/aromatic N) is 2. The summed E-state index contributed by atoms with van der Waals surface area (Å²) in [5.41, 5.74) is 1.58. The molecule has 3 heteroatoms. The van der Waals surface area contributed by atoms with Crippen LogP contribution >= 0.6 is 0 Å². The highest BCUT2D eigenvalue weighted by atomic mass is 14.9. The molecule has 0 fully saturated rings. The van der Waals surface area contributed by atoms with Crippen LogP contribution in [0.15, 0.2) is 18.2 Å². The average molecular weight is 203 g/mol. The van der Waals surface area contributed by atoms with Gasteiger partial charge in [-0.2, -0.15) is 5.26 Å². The van der Waals surface area contributed by atoms with Crippen molar-refractivity contribution in [1.29, 1.82) is 5.26 Å². The number of hydrogen-bond donors (Lipinski definition) is 1. The van der Waals surface area contributed by atoms with Gasteiger partial charge in [0.2, 0.25) is 0 Å². The third-order valence-corrected chi connectivity index (χ3v) is 1.96. The fourth-order valence-electron chi connectivity index (χ4n) is 1.25. The Bertz CT molecular complexity index is 358. The molecule has 1 N–H and O–H groups in total. The molecule has 0 aromatic carbocycles. The normalized spacial score (nSPS) is 11.1. The van der Waals surface area contributed by atoms with Crippen molar-refractivity contribution in [2.75, 3.05) is 6.54 Å². The van der Waals surface area contributed by atoms with E-state index in [1.165, 1.54) is 0 Å². The summed E-state index contributed by atoms with van der Waals surface area (Å²) in [4.78, 5) is 4.21. The lowest BCUT2D eigenvalue weighted by Gasteiger charge is -2.20. The van der Waals surface area contributed by atoms with Crippen molar-refractivity contribution in [3.63, 3.8) is 0 Å². The van der Waals surface area contributed by atoms with Crippen LogP contribution in [0.2, 0.25) is 0 Å². The third-order valence-electron chi connectivity index (χ3n) is 1.96. The molecular weight excluding hydrogens is 186 g/mol. The van der Waals surface area contributed by atoms with Gasteiger partial charge in [0.25, 0.3) is 0 Å². The molecule has 0 saturated heterocycles. The summed E-state index contributed by atoms with van der Waals surface area (Å²) in [6.45, 7) is 7.27. The molecule has 0 atom stereocenters. The fraction of sp³-hybridized carbons (Fsp3) is 0.500. The smallest absolute Gasteiger partial charge is 0.140 e. The van der Waals surface area contributed by atoms with Crippen molar-refractivity contribution in [1.82, 2.24) is 10.3 Å². The lowest BCUT2D eigenvalue weighted by molar-refractivity contribution is 0.428. The maximum absolute atomic E-state index is 8.69. The molecule has 0 saturated carbocycles. The first kappa shape index (κ1) is 11.7. The molecule has 1 rings (SSSR count). The fourth-order valence-corrected chi connectivity index (χ4v) is 1.25. The first-order chi connectivity index (χ1) is 7.01. The largest absolute Gasteiger partial charge is 0.312 e. The minimum Gasteiger partial charge on any atom is -0.312 e. The molecule has 0 aliphatic rings. The Labute approximate surface area is 91.1 Å². The SMILES string of the molecule is CC(C)(C)NCCc1cccc(C#N)n1. The third kappa shape index (κ3) is 4.57. The highest BCUT2D eigenvalue weighted by molar-refractivity contribution is 5.22. The van der Waals surface area contributed by atoms with E-state index in [2.05, 4.69) is 31.1 Å². The van der Waals surface area contributed by atoms with Crippen LogP contribution in [0.25, 0.3) is 0 Å². The highest BCUT2D eigenvalue weighted by Gasteiger charge is 2.07. The number of rotatable bonds is 3. The van der Waals surface area contributed by atoms with Crippen LogP contribution in [-0.4, -0.2) is 17.1 Å². The summed E-state index contributed by atoms with van der Waals surface area (Å²) in [6, 6.07) is 7.59. The van der Waals surface area contributed by atoms with E-state index in [9.17, 15) is 0 Å². The Morgan fingerprint density at radius 2 is 2.13 bits per heavy atom. The zero-order valence-corrected chi connectivity index (χ0v) is 9.54.